The van der Waals surface area contributed by atoms with Gasteiger partial charge in [0.1, 0.15) is 5.76 Å². The molecule has 3 aliphatic rings. The van der Waals surface area contributed by atoms with Crippen LogP contribution in [0.25, 0.3) is 0 Å². The lowest BCUT2D eigenvalue weighted by atomic mass is 9.85. The molecule has 2 aliphatic heterocycles. The average molecular weight is 224 g/mol. The third-order valence-corrected chi connectivity index (χ3v) is 3.63. The average Bonchev–Trinajstić information content (AvgIpc) is 2.67. The zero-order chi connectivity index (χ0) is 11.1. The fourth-order valence-corrected chi connectivity index (χ4v) is 2.84. The third kappa shape index (κ3) is 1.48. The highest BCUT2D eigenvalue weighted by molar-refractivity contribution is 5.97. The molecule has 3 unspecified atom stereocenters. The number of ketones is 1. The lowest BCUT2D eigenvalue weighted by molar-refractivity contribution is -0.254. The van der Waals surface area contributed by atoms with Crippen LogP contribution < -0.4 is 0 Å². The monoisotopic (exact) mass is 224 g/mol. The third-order valence-electron chi connectivity index (χ3n) is 3.63. The first-order valence-electron chi connectivity index (χ1n) is 5.90. The van der Waals surface area contributed by atoms with E-state index in [-0.39, 0.29) is 24.3 Å². The van der Waals surface area contributed by atoms with Crippen molar-refractivity contribution in [1.82, 2.24) is 0 Å². The summed E-state index contributed by atoms with van der Waals surface area (Å²) in [6.45, 7) is 0. The van der Waals surface area contributed by atoms with E-state index in [1.807, 2.05) is 0 Å². The lowest BCUT2D eigenvalue weighted by Crippen LogP contribution is -2.35. The van der Waals surface area contributed by atoms with Crippen LogP contribution in [-0.2, 0) is 19.0 Å². The number of ether oxygens (including phenoxy) is 3. The van der Waals surface area contributed by atoms with Crippen LogP contribution in [0.4, 0.5) is 0 Å². The zero-order valence-corrected chi connectivity index (χ0v) is 9.40. The molecule has 2 heterocycles. The van der Waals surface area contributed by atoms with E-state index in [2.05, 4.69) is 0 Å². The maximum atomic E-state index is 11.9. The van der Waals surface area contributed by atoms with Gasteiger partial charge in [0, 0.05) is 25.5 Å². The van der Waals surface area contributed by atoms with Crippen molar-refractivity contribution in [2.45, 2.75) is 44.7 Å². The van der Waals surface area contributed by atoms with Crippen LogP contribution in [0.5, 0.6) is 0 Å². The summed E-state index contributed by atoms with van der Waals surface area (Å²) in [5.41, 5.74) is 0.908. The van der Waals surface area contributed by atoms with Crippen LogP contribution in [0.3, 0.4) is 0 Å². The predicted octanol–water partition coefficient (Wildman–Crippen LogP) is 1.75. The Morgan fingerprint density at radius 3 is 3.00 bits per heavy atom. The number of hydrogen-bond donors (Lipinski definition) is 0. The summed E-state index contributed by atoms with van der Waals surface area (Å²) >= 11 is 0. The quantitative estimate of drug-likeness (QED) is 0.680. The molecule has 4 nitrogen and oxygen atoms in total. The van der Waals surface area contributed by atoms with Crippen LogP contribution >= 0.6 is 0 Å². The van der Waals surface area contributed by atoms with E-state index in [1.54, 1.807) is 7.11 Å². The second-order valence-corrected chi connectivity index (χ2v) is 4.59. The number of Topliss-reactive ketones (excluding diaryl/α,β-unsaturated/α-hetero) is 1. The van der Waals surface area contributed by atoms with E-state index < -0.39 is 0 Å². The number of carbonyl (C=O) groups excluding carboxylic acids is 1. The van der Waals surface area contributed by atoms with Gasteiger partial charge in [-0.3, -0.25) is 4.79 Å². The minimum absolute atomic E-state index is 0.147. The molecule has 4 heteroatoms. The molecule has 0 amide bonds. The summed E-state index contributed by atoms with van der Waals surface area (Å²) in [6.07, 6.45) is 3.75. The van der Waals surface area contributed by atoms with E-state index in [0.717, 1.165) is 37.0 Å². The van der Waals surface area contributed by atoms with E-state index in [9.17, 15) is 4.79 Å². The maximum Gasteiger partial charge on any atom is 0.209 e. The Labute approximate surface area is 94.5 Å². The number of fused-ring (bicyclic) bond motifs is 2. The molecule has 0 radical (unpaired) electrons. The van der Waals surface area contributed by atoms with Crippen molar-refractivity contribution in [2.24, 2.45) is 5.92 Å². The minimum Gasteiger partial charge on any atom is -0.468 e. The van der Waals surface area contributed by atoms with Crippen LogP contribution in [0, 0.1) is 5.92 Å². The van der Waals surface area contributed by atoms with Gasteiger partial charge < -0.3 is 14.2 Å². The molecule has 0 spiro atoms. The summed E-state index contributed by atoms with van der Waals surface area (Å²) < 4.78 is 16.6. The van der Waals surface area contributed by atoms with Crippen molar-refractivity contribution in [1.29, 1.82) is 0 Å². The predicted molar refractivity (Wildman–Crippen MR) is 55.4 cm³/mol. The summed E-state index contributed by atoms with van der Waals surface area (Å²) in [4.78, 5) is 11.9. The first kappa shape index (κ1) is 10.3. The Hall–Kier alpha value is -0.870. The molecule has 0 aromatic heterocycles. The van der Waals surface area contributed by atoms with E-state index in [0.29, 0.717) is 6.42 Å². The number of carbonyl (C=O) groups is 1. The Kier molecular flexibility index (Phi) is 2.48. The van der Waals surface area contributed by atoms with Gasteiger partial charge in [-0.1, -0.05) is 0 Å². The van der Waals surface area contributed by atoms with Gasteiger partial charge in [0.25, 0.3) is 0 Å². The Morgan fingerprint density at radius 2 is 2.19 bits per heavy atom. The molecular formula is C12H16O4. The van der Waals surface area contributed by atoms with Gasteiger partial charge in [0.05, 0.1) is 5.92 Å². The van der Waals surface area contributed by atoms with E-state index in [4.69, 9.17) is 14.2 Å². The van der Waals surface area contributed by atoms with Crippen molar-refractivity contribution >= 4 is 5.78 Å². The molecule has 1 fully saturated rings. The summed E-state index contributed by atoms with van der Waals surface area (Å²) in [6, 6.07) is 0. The highest BCUT2D eigenvalue weighted by Crippen LogP contribution is 2.43. The van der Waals surface area contributed by atoms with Gasteiger partial charge in [-0.25, -0.2) is 0 Å². The van der Waals surface area contributed by atoms with E-state index in [1.165, 1.54) is 0 Å². The summed E-state index contributed by atoms with van der Waals surface area (Å²) in [5.74, 6) is 1.28. The first-order chi connectivity index (χ1) is 7.79. The van der Waals surface area contributed by atoms with Crippen LogP contribution in [0.15, 0.2) is 11.3 Å². The lowest BCUT2D eigenvalue weighted by Gasteiger charge is -2.31. The van der Waals surface area contributed by atoms with Gasteiger partial charge in [-0.05, 0) is 19.3 Å². The van der Waals surface area contributed by atoms with Crippen LogP contribution in [-0.4, -0.2) is 25.5 Å². The number of allylic oxidation sites excluding steroid dienone is 1. The highest BCUT2D eigenvalue weighted by Gasteiger charge is 2.45. The Bertz CT molecular complexity index is 347. The van der Waals surface area contributed by atoms with Crippen molar-refractivity contribution in [2.75, 3.05) is 7.11 Å². The van der Waals surface area contributed by atoms with Gasteiger partial charge >= 0.3 is 0 Å². The molecule has 3 atom stereocenters. The van der Waals surface area contributed by atoms with Gasteiger partial charge in [0.2, 0.25) is 6.29 Å². The standard InChI is InChI=1S/C12H16O4/c1-14-10-6-5-7-11-8(13)3-2-4-9(11)15-12(7)16-10/h7,10,12H,2-6H2,1H3. The smallest absolute Gasteiger partial charge is 0.209 e. The molecule has 16 heavy (non-hydrogen) atoms. The van der Waals surface area contributed by atoms with Crippen molar-refractivity contribution in [3.8, 4) is 0 Å². The molecule has 88 valence electrons. The second kappa shape index (κ2) is 3.86. The number of rotatable bonds is 1. The van der Waals surface area contributed by atoms with Gasteiger partial charge in [-0.15, -0.1) is 0 Å². The SMILES string of the molecule is COC1CCC2C3=C(CCCC3=O)OC2O1. The molecule has 0 N–H and O–H groups in total. The van der Waals surface area contributed by atoms with Gasteiger partial charge in [0.15, 0.2) is 12.1 Å². The molecule has 0 bridgehead atoms. The van der Waals surface area contributed by atoms with E-state index >= 15 is 0 Å². The maximum absolute atomic E-state index is 11.9. The normalized spacial score (nSPS) is 38.1. The van der Waals surface area contributed by atoms with Crippen LogP contribution in [0.2, 0.25) is 0 Å². The van der Waals surface area contributed by atoms with Gasteiger partial charge in [-0.2, -0.15) is 0 Å². The molecule has 0 saturated carbocycles. The molecule has 3 rings (SSSR count). The summed E-state index contributed by atoms with van der Waals surface area (Å²) in [5, 5.41) is 0. The highest BCUT2D eigenvalue weighted by atomic mass is 16.8. The second-order valence-electron chi connectivity index (χ2n) is 4.59. The molecule has 1 saturated heterocycles. The topological polar surface area (TPSA) is 44.8 Å². The molecule has 0 aromatic carbocycles. The fraction of sp³-hybridized carbons (Fsp3) is 0.750. The van der Waals surface area contributed by atoms with Crippen molar-refractivity contribution in [3.63, 3.8) is 0 Å². The fourth-order valence-electron chi connectivity index (χ4n) is 2.84. The van der Waals surface area contributed by atoms with Crippen molar-refractivity contribution < 1.29 is 19.0 Å². The summed E-state index contributed by atoms with van der Waals surface area (Å²) in [7, 11) is 1.64. The zero-order valence-electron chi connectivity index (χ0n) is 9.40. The minimum atomic E-state index is -0.286. The Morgan fingerprint density at radius 1 is 1.31 bits per heavy atom. The number of methoxy groups -OCH3 is 1. The molecule has 1 aliphatic carbocycles. The largest absolute Gasteiger partial charge is 0.468 e. The van der Waals surface area contributed by atoms with Crippen molar-refractivity contribution in [3.05, 3.63) is 11.3 Å². The first-order valence-corrected chi connectivity index (χ1v) is 5.90. The molecular weight excluding hydrogens is 208 g/mol. The number of hydrogen-bond acceptors (Lipinski definition) is 4. The molecule has 0 aromatic rings. The Balaban J connectivity index is 1.81. The van der Waals surface area contributed by atoms with Crippen LogP contribution in [0.1, 0.15) is 32.1 Å².